The standard InChI is InChI=1S/C23H27N5O2/c1-17-19-11-7-8-12-20(19)26-21(25-17)16-27(2)22(29)13-14-24-23(30)28(3)15-18-9-5-4-6-10-18/h4-12H,13-16H2,1-3H3,(H,24,30). The summed E-state index contributed by atoms with van der Waals surface area (Å²) in [4.78, 5) is 36.9. The SMILES string of the molecule is Cc1nc(CN(C)C(=O)CCNC(=O)N(C)Cc2ccccc2)nc2ccccc12. The van der Waals surface area contributed by atoms with Crippen molar-refractivity contribution in [3.63, 3.8) is 0 Å². The maximum Gasteiger partial charge on any atom is 0.317 e. The van der Waals surface area contributed by atoms with E-state index in [1.54, 1.807) is 23.9 Å². The average Bonchev–Trinajstić information content (AvgIpc) is 2.74. The van der Waals surface area contributed by atoms with Gasteiger partial charge in [-0.2, -0.15) is 0 Å². The molecule has 0 fully saturated rings. The quantitative estimate of drug-likeness (QED) is 0.655. The van der Waals surface area contributed by atoms with Gasteiger partial charge in [0.05, 0.1) is 12.1 Å². The van der Waals surface area contributed by atoms with Gasteiger partial charge in [0.15, 0.2) is 0 Å². The van der Waals surface area contributed by atoms with Gasteiger partial charge in [-0.3, -0.25) is 4.79 Å². The smallest absolute Gasteiger partial charge is 0.317 e. The van der Waals surface area contributed by atoms with Crippen molar-refractivity contribution in [1.82, 2.24) is 25.1 Å². The molecule has 0 atom stereocenters. The van der Waals surface area contributed by atoms with Crippen molar-refractivity contribution >= 4 is 22.8 Å². The Balaban J connectivity index is 1.47. The van der Waals surface area contributed by atoms with Gasteiger partial charge in [-0.05, 0) is 18.6 Å². The molecule has 0 spiro atoms. The van der Waals surface area contributed by atoms with Crippen LogP contribution in [0.3, 0.4) is 0 Å². The van der Waals surface area contributed by atoms with E-state index in [0.29, 0.717) is 18.9 Å². The molecule has 0 aliphatic carbocycles. The molecule has 0 aliphatic rings. The molecule has 0 saturated heterocycles. The number of hydrogen-bond donors (Lipinski definition) is 1. The van der Waals surface area contributed by atoms with E-state index in [2.05, 4.69) is 15.3 Å². The van der Waals surface area contributed by atoms with Crippen LogP contribution in [0.1, 0.15) is 23.5 Å². The molecule has 1 aromatic heterocycles. The first-order valence-electron chi connectivity index (χ1n) is 9.93. The lowest BCUT2D eigenvalue weighted by Crippen LogP contribution is -2.39. The van der Waals surface area contributed by atoms with Crippen LogP contribution in [-0.2, 0) is 17.9 Å². The van der Waals surface area contributed by atoms with Crippen molar-refractivity contribution in [3.05, 3.63) is 71.7 Å². The summed E-state index contributed by atoms with van der Waals surface area (Å²) in [6.07, 6.45) is 0.216. The maximum atomic E-state index is 12.4. The van der Waals surface area contributed by atoms with Crippen LogP contribution < -0.4 is 5.32 Å². The fraction of sp³-hybridized carbons (Fsp3) is 0.304. The summed E-state index contributed by atoms with van der Waals surface area (Å²) in [6.45, 7) is 3.06. The van der Waals surface area contributed by atoms with Gasteiger partial charge in [0.1, 0.15) is 5.82 Å². The molecule has 0 saturated carbocycles. The predicted octanol–water partition coefficient (Wildman–Crippen LogP) is 3.13. The Bertz CT molecular complexity index is 1020. The van der Waals surface area contributed by atoms with E-state index in [4.69, 9.17) is 0 Å². The Labute approximate surface area is 176 Å². The summed E-state index contributed by atoms with van der Waals surface area (Å²) in [5, 5.41) is 3.81. The third-order valence-corrected chi connectivity index (χ3v) is 4.87. The third-order valence-electron chi connectivity index (χ3n) is 4.87. The zero-order chi connectivity index (χ0) is 21.5. The lowest BCUT2D eigenvalue weighted by molar-refractivity contribution is -0.130. The van der Waals surface area contributed by atoms with Gasteiger partial charge < -0.3 is 15.1 Å². The fourth-order valence-electron chi connectivity index (χ4n) is 3.20. The zero-order valence-electron chi connectivity index (χ0n) is 17.6. The molecule has 1 heterocycles. The molecular formula is C23H27N5O2. The van der Waals surface area contributed by atoms with Crippen LogP contribution in [0.4, 0.5) is 4.79 Å². The highest BCUT2D eigenvalue weighted by Gasteiger charge is 2.14. The summed E-state index contributed by atoms with van der Waals surface area (Å²) < 4.78 is 0. The van der Waals surface area contributed by atoms with Crippen molar-refractivity contribution < 1.29 is 9.59 Å². The van der Waals surface area contributed by atoms with Crippen LogP contribution in [0.25, 0.3) is 10.9 Å². The summed E-state index contributed by atoms with van der Waals surface area (Å²) in [5.74, 6) is 0.532. The molecule has 7 nitrogen and oxygen atoms in total. The van der Waals surface area contributed by atoms with E-state index < -0.39 is 0 Å². The van der Waals surface area contributed by atoms with Crippen molar-refractivity contribution in [2.75, 3.05) is 20.6 Å². The molecule has 0 bridgehead atoms. The number of aryl methyl sites for hydroxylation is 1. The average molecular weight is 406 g/mol. The summed E-state index contributed by atoms with van der Waals surface area (Å²) in [6, 6.07) is 17.4. The molecule has 156 valence electrons. The highest BCUT2D eigenvalue weighted by Crippen LogP contribution is 2.15. The Morgan fingerprint density at radius 1 is 0.900 bits per heavy atom. The molecule has 0 aliphatic heterocycles. The third kappa shape index (κ3) is 5.53. The van der Waals surface area contributed by atoms with Crippen LogP contribution in [0.2, 0.25) is 0 Å². The Hall–Kier alpha value is -3.48. The molecule has 3 aromatic rings. The zero-order valence-corrected chi connectivity index (χ0v) is 17.6. The van der Waals surface area contributed by atoms with Gasteiger partial charge in [0.25, 0.3) is 0 Å². The van der Waals surface area contributed by atoms with Crippen LogP contribution >= 0.6 is 0 Å². The molecule has 30 heavy (non-hydrogen) atoms. The number of para-hydroxylation sites is 1. The van der Waals surface area contributed by atoms with E-state index in [-0.39, 0.29) is 24.9 Å². The van der Waals surface area contributed by atoms with Gasteiger partial charge in [-0.1, -0.05) is 48.5 Å². The summed E-state index contributed by atoms with van der Waals surface area (Å²) >= 11 is 0. The van der Waals surface area contributed by atoms with E-state index in [0.717, 1.165) is 22.2 Å². The van der Waals surface area contributed by atoms with Gasteiger partial charge in [0.2, 0.25) is 5.91 Å². The number of benzene rings is 2. The predicted molar refractivity (Wildman–Crippen MR) is 117 cm³/mol. The van der Waals surface area contributed by atoms with Crippen molar-refractivity contribution in [1.29, 1.82) is 0 Å². The van der Waals surface area contributed by atoms with Crippen LogP contribution in [0, 0.1) is 6.92 Å². The lowest BCUT2D eigenvalue weighted by Gasteiger charge is -2.19. The number of carbonyl (C=O) groups excluding carboxylic acids is 2. The molecule has 3 amide bonds. The first-order chi connectivity index (χ1) is 14.4. The fourth-order valence-corrected chi connectivity index (χ4v) is 3.20. The summed E-state index contributed by atoms with van der Waals surface area (Å²) in [5.41, 5.74) is 2.82. The molecule has 0 unspecified atom stereocenters. The van der Waals surface area contributed by atoms with Gasteiger partial charge >= 0.3 is 6.03 Å². The van der Waals surface area contributed by atoms with Gasteiger partial charge in [0, 0.05) is 44.7 Å². The van der Waals surface area contributed by atoms with Crippen LogP contribution in [0.15, 0.2) is 54.6 Å². The second-order valence-electron chi connectivity index (χ2n) is 7.32. The molecular weight excluding hydrogens is 378 g/mol. The van der Waals surface area contributed by atoms with E-state index in [1.807, 2.05) is 61.5 Å². The minimum Gasteiger partial charge on any atom is -0.338 e. The van der Waals surface area contributed by atoms with Crippen molar-refractivity contribution in [2.45, 2.75) is 26.4 Å². The number of carbonyl (C=O) groups is 2. The number of nitrogens with zero attached hydrogens (tertiary/aromatic N) is 4. The second kappa shape index (κ2) is 9.82. The molecule has 7 heteroatoms. The topological polar surface area (TPSA) is 78.4 Å². The van der Waals surface area contributed by atoms with E-state index in [1.165, 1.54) is 0 Å². The normalized spacial score (nSPS) is 10.6. The highest BCUT2D eigenvalue weighted by molar-refractivity contribution is 5.81. The molecule has 1 N–H and O–H groups in total. The number of urea groups is 1. The first-order valence-corrected chi connectivity index (χ1v) is 9.93. The largest absolute Gasteiger partial charge is 0.338 e. The Morgan fingerprint density at radius 2 is 1.60 bits per heavy atom. The van der Waals surface area contributed by atoms with E-state index >= 15 is 0 Å². The molecule has 2 aromatic carbocycles. The van der Waals surface area contributed by atoms with Gasteiger partial charge in [-0.15, -0.1) is 0 Å². The maximum absolute atomic E-state index is 12.4. The minimum atomic E-state index is -0.206. The van der Waals surface area contributed by atoms with E-state index in [9.17, 15) is 9.59 Å². The first kappa shape index (κ1) is 21.2. The number of fused-ring (bicyclic) bond motifs is 1. The number of rotatable bonds is 7. The molecule has 3 rings (SSSR count). The Kier molecular flexibility index (Phi) is 6.95. The highest BCUT2D eigenvalue weighted by atomic mass is 16.2. The van der Waals surface area contributed by atoms with Crippen LogP contribution in [-0.4, -0.2) is 52.3 Å². The van der Waals surface area contributed by atoms with Crippen molar-refractivity contribution in [2.24, 2.45) is 0 Å². The van der Waals surface area contributed by atoms with Crippen molar-refractivity contribution in [3.8, 4) is 0 Å². The molecule has 0 radical (unpaired) electrons. The monoisotopic (exact) mass is 405 g/mol. The summed E-state index contributed by atoms with van der Waals surface area (Å²) in [7, 11) is 3.45. The van der Waals surface area contributed by atoms with Gasteiger partial charge in [-0.25, -0.2) is 14.8 Å². The second-order valence-corrected chi connectivity index (χ2v) is 7.32. The number of hydrogen-bond acceptors (Lipinski definition) is 4. The Morgan fingerprint density at radius 3 is 2.37 bits per heavy atom. The number of amides is 3. The lowest BCUT2D eigenvalue weighted by atomic mass is 10.2. The number of nitrogens with one attached hydrogen (secondary N) is 1. The minimum absolute atomic E-state index is 0.0737. The van der Waals surface area contributed by atoms with Crippen LogP contribution in [0.5, 0.6) is 0 Å². The number of aromatic nitrogens is 2.